The summed E-state index contributed by atoms with van der Waals surface area (Å²) in [4.78, 5) is 18.6. The molecular formula is C17H24N2O3. The number of piperidine rings is 1. The largest absolute Gasteiger partial charge is 0.481 e. The summed E-state index contributed by atoms with van der Waals surface area (Å²) in [6.07, 6.45) is 2.46. The lowest BCUT2D eigenvalue weighted by molar-refractivity contribution is -0.158. The maximum Gasteiger partial charge on any atom is 0.314 e. The minimum atomic E-state index is -1.06. The molecule has 2 aliphatic rings. The number of hydrogen-bond donors (Lipinski definition) is 2. The van der Waals surface area contributed by atoms with Crippen LogP contribution in [-0.2, 0) is 4.79 Å². The highest BCUT2D eigenvalue weighted by Crippen LogP contribution is 2.45. The fourth-order valence-corrected chi connectivity index (χ4v) is 3.40. The van der Waals surface area contributed by atoms with Crippen LogP contribution in [0.4, 0.5) is 5.82 Å². The van der Waals surface area contributed by atoms with Crippen molar-refractivity contribution in [1.29, 1.82) is 0 Å². The monoisotopic (exact) mass is 304 g/mol. The number of aliphatic carboxylic acids is 1. The molecule has 120 valence electrons. The number of anilines is 1. The third-order valence-electron chi connectivity index (χ3n) is 5.22. The Balaban J connectivity index is 1.87. The lowest BCUT2D eigenvalue weighted by Crippen LogP contribution is -2.56. The highest BCUT2D eigenvalue weighted by molar-refractivity contribution is 5.77. The van der Waals surface area contributed by atoms with Crippen molar-refractivity contribution in [3.63, 3.8) is 0 Å². The van der Waals surface area contributed by atoms with Crippen LogP contribution in [0.15, 0.2) is 12.1 Å². The molecule has 2 heterocycles. The summed E-state index contributed by atoms with van der Waals surface area (Å²) < 4.78 is 0. The average molecular weight is 304 g/mol. The summed E-state index contributed by atoms with van der Waals surface area (Å²) in [7, 11) is 0. The molecule has 0 unspecified atom stereocenters. The predicted octanol–water partition coefficient (Wildman–Crippen LogP) is 2.14. The fourth-order valence-electron chi connectivity index (χ4n) is 3.40. The number of aliphatic hydroxyl groups is 1. The van der Waals surface area contributed by atoms with E-state index in [1.54, 1.807) is 0 Å². The van der Waals surface area contributed by atoms with Gasteiger partial charge in [-0.25, -0.2) is 4.98 Å². The van der Waals surface area contributed by atoms with Crippen molar-refractivity contribution in [2.75, 3.05) is 18.0 Å². The van der Waals surface area contributed by atoms with Gasteiger partial charge in [0.1, 0.15) is 11.2 Å². The molecule has 0 aromatic carbocycles. The van der Waals surface area contributed by atoms with E-state index in [0.29, 0.717) is 31.8 Å². The maximum atomic E-state index is 11.9. The first-order valence-electron chi connectivity index (χ1n) is 8.03. The molecule has 1 saturated carbocycles. The summed E-state index contributed by atoms with van der Waals surface area (Å²) in [6.45, 7) is 4.97. The fraction of sp³-hybridized carbons (Fsp3) is 0.647. The van der Waals surface area contributed by atoms with Gasteiger partial charge in [0.25, 0.3) is 0 Å². The Morgan fingerprint density at radius 3 is 2.68 bits per heavy atom. The van der Waals surface area contributed by atoms with Crippen LogP contribution < -0.4 is 4.90 Å². The third kappa shape index (κ3) is 2.70. The Hall–Kier alpha value is -1.62. The molecule has 0 radical (unpaired) electrons. The topological polar surface area (TPSA) is 73.7 Å². The first-order valence-corrected chi connectivity index (χ1v) is 8.03. The number of aliphatic hydroxyl groups excluding tert-OH is 1. The maximum absolute atomic E-state index is 11.9. The molecule has 1 saturated heterocycles. The predicted molar refractivity (Wildman–Crippen MR) is 84.0 cm³/mol. The molecule has 0 spiro atoms. The van der Waals surface area contributed by atoms with Crippen LogP contribution in [0.25, 0.3) is 0 Å². The van der Waals surface area contributed by atoms with E-state index in [1.165, 1.54) is 0 Å². The molecule has 0 amide bonds. The lowest BCUT2D eigenvalue weighted by Gasteiger charge is -2.44. The number of aromatic nitrogens is 1. The number of hydrogen-bond acceptors (Lipinski definition) is 4. The second-order valence-corrected chi connectivity index (χ2v) is 6.91. The van der Waals surface area contributed by atoms with E-state index >= 15 is 0 Å². The number of carboxylic acid groups (broad SMARTS) is 1. The van der Waals surface area contributed by atoms with Crippen molar-refractivity contribution in [3.05, 3.63) is 23.4 Å². The van der Waals surface area contributed by atoms with Crippen LogP contribution in [0.5, 0.6) is 0 Å². The van der Waals surface area contributed by atoms with Crippen molar-refractivity contribution in [3.8, 4) is 0 Å². The average Bonchev–Trinajstić information content (AvgIpc) is 3.28. The van der Waals surface area contributed by atoms with E-state index in [-0.39, 0.29) is 0 Å². The molecule has 5 nitrogen and oxygen atoms in total. The first kappa shape index (κ1) is 15.3. The van der Waals surface area contributed by atoms with Crippen LogP contribution in [0.2, 0.25) is 0 Å². The van der Waals surface area contributed by atoms with Crippen molar-refractivity contribution in [2.45, 2.75) is 45.6 Å². The SMILES string of the molecule is Cc1ccc(N2CC[C@@H](O)[C@@](CC3CC3)(C(=O)O)C2)nc1C. The van der Waals surface area contributed by atoms with Gasteiger partial charge in [0.05, 0.1) is 6.10 Å². The lowest BCUT2D eigenvalue weighted by atomic mass is 9.73. The van der Waals surface area contributed by atoms with Crippen molar-refractivity contribution in [2.24, 2.45) is 11.3 Å². The molecule has 0 bridgehead atoms. The number of pyridine rings is 1. The van der Waals surface area contributed by atoms with E-state index in [4.69, 9.17) is 0 Å². The molecule has 2 atom stereocenters. The highest BCUT2D eigenvalue weighted by atomic mass is 16.4. The first-order chi connectivity index (χ1) is 10.4. The minimum Gasteiger partial charge on any atom is -0.481 e. The van der Waals surface area contributed by atoms with Gasteiger partial charge in [0.2, 0.25) is 0 Å². The summed E-state index contributed by atoms with van der Waals surface area (Å²) in [6, 6.07) is 3.97. The van der Waals surface area contributed by atoms with Gasteiger partial charge in [-0.15, -0.1) is 0 Å². The minimum absolute atomic E-state index is 0.343. The van der Waals surface area contributed by atoms with Gasteiger partial charge in [-0.05, 0) is 44.2 Å². The van der Waals surface area contributed by atoms with Crippen LogP contribution in [0.1, 0.15) is 36.9 Å². The Kier molecular flexibility index (Phi) is 3.85. The van der Waals surface area contributed by atoms with Gasteiger partial charge in [-0.2, -0.15) is 0 Å². The number of aryl methyl sites for hydroxylation is 2. The third-order valence-corrected chi connectivity index (χ3v) is 5.22. The Morgan fingerprint density at radius 2 is 2.09 bits per heavy atom. The molecule has 22 heavy (non-hydrogen) atoms. The standard InChI is InChI=1S/C17H24N2O3/c1-11-3-6-15(18-12(11)2)19-8-7-14(20)17(10-19,16(21)22)9-13-4-5-13/h3,6,13-14,20H,4-5,7-10H2,1-2H3,(H,21,22)/t14-,17+/m1/s1. The van der Waals surface area contributed by atoms with Gasteiger partial charge >= 0.3 is 5.97 Å². The van der Waals surface area contributed by atoms with E-state index in [9.17, 15) is 15.0 Å². The summed E-state index contributed by atoms with van der Waals surface area (Å²) in [5.74, 6) is 0.398. The van der Waals surface area contributed by atoms with Crippen LogP contribution in [0.3, 0.4) is 0 Å². The van der Waals surface area contributed by atoms with Crippen molar-refractivity contribution in [1.82, 2.24) is 4.98 Å². The van der Waals surface area contributed by atoms with Gasteiger partial charge < -0.3 is 15.1 Å². The van der Waals surface area contributed by atoms with E-state index < -0.39 is 17.5 Å². The van der Waals surface area contributed by atoms with E-state index in [0.717, 1.165) is 29.9 Å². The number of nitrogens with zero attached hydrogens (tertiary/aromatic N) is 2. The second-order valence-electron chi connectivity index (χ2n) is 6.91. The highest BCUT2D eigenvalue weighted by Gasteiger charge is 2.51. The summed E-state index contributed by atoms with van der Waals surface area (Å²) in [5.41, 5.74) is 1.04. The van der Waals surface area contributed by atoms with Gasteiger partial charge in [0.15, 0.2) is 0 Å². The van der Waals surface area contributed by atoms with E-state index in [1.807, 2.05) is 30.9 Å². The number of carbonyl (C=O) groups is 1. The Bertz CT molecular complexity index is 585. The second kappa shape index (κ2) is 5.54. The molecule has 1 aromatic rings. The van der Waals surface area contributed by atoms with Gasteiger partial charge in [0, 0.05) is 18.8 Å². The molecule has 1 aromatic heterocycles. The van der Waals surface area contributed by atoms with Crippen molar-refractivity contribution < 1.29 is 15.0 Å². The summed E-state index contributed by atoms with van der Waals surface area (Å²) in [5, 5.41) is 20.2. The zero-order valence-electron chi connectivity index (χ0n) is 13.2. The van der Waals surface area contributed by atoms with Crippen molar-refractivity contribution >= 4 is 11.8 Å². The van der Waals surface area contributed by atoms with Crippen LogP contribution in [-0.4, -0.2) is 40.4 Å². The number of rotatable bonds is 4. The normalized spacial score (nSPS) is 28.7. The van der Waals surface area contributed by atoms with Gasteiger partial charge in [-0.3, -0.25) is 4.79 Å². The number of carboxylic acids is 1. The quantitative estimate of drug-likeness (QED) is 0.891. The molecule has 5 heteroatoms. The van der Waals surface area contributed by atoms with E-state index in [2.05, 4.69) is 4.98 Å². The molecule has 2 N–H and O–H groups in total. The molecule has 3 rings (SSSR count). The zero-order chi connectivity index (χ0) is 15.9. The molecule has 2 fully saturated rings. The van der Waals surface area contributed by atoms with Crippen LogP contribution in [0, 0.1) is 25.2 Å². The molecule has 1 aliphatic heterocycles. The summed E-state index contributed by atoms with van der Waals surface area (Å²) >= 11 is 0. The zero-order valence-corrected chi connectivity index (χ0v) is 13.2. The Morgan fingerprint density at radius 1 is 1.36 bits per heavy atom. The van der Waals surface area contributed by atoms with Gasteiger partial charge in [-0.1, -0.05) is 18.9 Å². The molecule has 1 aliphatic carbocycles. The molecular weight excluding hydrogens is 280 g/mol. The Labute approximate surface area is 131 Å². The smallest absolute Gasteiger partial charge is 0.314 e. The van der Waals surface area contributed by atoms with Crippen LogP contribution >= 0.6 is 0 Å².